The summed E-state index contributed by atoms with van der Waals surface area (Å²) < 4.78 is 18.5. The maximum atomic E-state index is 12.9. The van der Waals surface area contributed by atoms with Crippen molar-refractivity contribution >= 4 is 29.9 Å². The number of nitrogens with zero attached hydrogens (tertiary/aromatic N) is 2. The lowest BCUT2D eigenvalue weighted by Gasteiger charge is -2.10. The van der Waals surface area contributed by atoms with Crippen molar-refractivity contribution in [2.75, 3.05) is 13.6 Å². The molecule has 2 aromatic carbocycles. The van der Waals surface area contributed by atoms with E-state index < -0.39 is 0 Å². The van der Waals surface area contributed by atoms with Gasteiger partial charge in [0.2, 0.25) is 5.89 Å². The molecule has 28 heavy (non-hydrogen) atoms. The lowest BCUT2D eigenvalue weighted by Crippen LogP contribution is -2.37. The zero-order valence-electron chi connectivity index (χ0n) is 15.9. The van der Waals surface area contributed by atoms with Crippen molar-refractivity contribution in [1.29, 1.82) is 0 Å². The van der Waals surface area contributed by atoms with Crippen LogP contribution in [0.4, 0.5) is 4.39 Å². The Hall–Kier alpha value is -2.42. The van der Waals surface area contributed by atoms with E-state index in [0.29, 0.717) is 24.9 Å². The quantitative estimate of drug-likeness (QED) is 0.305. The minimum Gasteiger partial charge on any atom is -0.444 e. The minimum absolute atomic E-state index is 0. The molecule has 1 aromatic heterocycles. The van der Waals surface area contributed by atoms with E-state index >= 15 is 0 Å². The van der Waals surface area contributed by atoms with E-state index in [1.54, 1.807) is 25.4 Å². The standard InChI is InChI=1S/C21H23FN4O.HI/c1-15-3-7-17(8-4-15)20-26-19(14-27-20)13-25-21(23-2)24-12-11-16-5-9-18(22)10-6-16;/h3-10,14H,11-13H2,1-2H3,(H2,23,24,25);1H. The number of halogens is 2. The molecule has 3 aromatic rings. The highest BCUT2D eigenvalue weighted by Gasteiger charge is 2.07. The number of aryl methyl sites for hydroxylation is 1. The van der Waals surface area contributed by atoms with Gasteiger partial charge in [-0.2, -0.15) is 0 Å². The summed E-state index contributed by atoms with van der Waals surface area (Å²) in [6.45, 7) is 3.24. The Balaban J connectivity index is 0.00000280. The number of benzene rings is 2. The van der Waals surface area contributed by atoms with Gasteiger partial charge in [0, 0.05) is 19.2 Å². The summed E-state index contributed by atoms with van der Waals surface area (Å²) in [5, 5.41) is 6.45. The molecule has 148 valence electrons. The lowest BCUT2D eigenvalue weighted by atomic mass is 10.1. The molecule has 1 heterocycles. The molecule has 0 aliphatic carbocycles. The normalized spacial score (nSPS) is 11.0. The van der Waals surface area contributed by atoms with Gasteiger partial charge in [0.1, 0.15) is 12.1 Å². The highest BCUT2D eigenvalue weighted by molar-refractivity contribution is 14.0. The first kappa shape index (κ1) is 21.9. The van der Waals surface area contributed by atoms with Gasteiger partial charge in [-0.3, -0.25) is 4.99 Å². The molecule has 7 heteroatoms. The molecule has 0 aliphatic heterocycles. The fourth-order valence-corrected chi connectivity index (χ4v) is 2.59. The third-order valence-corrected chi connectivity index (χ3v) is 4.13. The van der Waals surface area contributed by atoms with Gasteiger partial charge < -0.3 is 15.1 Å². The number of rotatable bonds is 6. The zero-order valence-corrected chi connectivity index (χ0v) is 18.2. The molecule has 0 unspecified atom stereocenters. The molecule has 0 aliphatic rings. The van der Waals surface area contributed by atoms with Gasteiger partial charge >= 0.3 is 0 Å². The molecule has 0 amide bonds. The van der Waals surface area contributed by atoms with Crippen LogP contribution >= 0.6 is 24.0 Å². The fraction of sp³-hybridized carbons (Fsp3) is 0.238. The molecule has 0 fully saturated rings. The van der Waals surface area contributed by atoms with Gasteiger partial charge in [0.05, 0.1) is 12.2 Å². The molecular formula is C21H24FIN4O. The summed E-state index contributed by atoms with van der Waals surface area (Å²) in [6.07, 6.45) is 2.43. The lowest BCUT2D eigenvalue weighted by molar-refractivity contribution is 0.572. The minimum atomic E-state index is -0.221. The molecular weight excluding hydrogens is 470 g/mol. The number of nitrogens with one attached hydrogen (secondary N) is 2. The SMILES string of the molecule is CN=C(NCCc1ccc(F)cc1)NCc1coc(-c2ccc(C)cc2)n1.I. The van der Waals surface area contributed by atoms with Crippen molar-refractivity contribution in [3.63, 3.8) is 0 Å². The van der Waals surface area contributed by atoms with Crippen molar-refractivity contribution in [3.05, 3.63) is 77.4 Å². The summed E-state index contributed by atoms with van der Waals surface area (Å²) >= 11 is 0. The van der Waals surface area contributed by atoms with Crippen molar-refractivity contribution in [3.8, 4) is 11.5 Å². The number of guanidine groups is 1. The zero-order chi connectivity index (χ0) is 19.1. The molecule has 0 bridgehead atoms. The fourth-order valence-electron chi connectivity index (χ4n) is 2.59. The van der Waals surface area contributed by atoms with Crippen molar-refractivity contribution in [1.82, 2.24) is 15.6 Å². The maximum Gasteiger partial charge on any atom is 0.226 e. The smallest absolute Gasteiger partial charge is 0.226 e. The Morgan fingerprint density at radius 2 is 1.79 bits per heavy atom. The van der Waals surface area contributed by atoms with Crippen LogP contribution in [0.1, 0.15) is 16.8 Å². The van der Waals surface area contributed by atoms with Crippen LogP contribution in [-0.4, -0.2) is 24.5 Å². The largest absolute Gasteiger partial charge is 0.444 e. The van der Waals surface area contributed by atoms with E-state index in [1.165, 1.54) is 17.7 Å². The van der Waals surface area contributed by atoms with Crippen LogP contribution in [-0.2, 0) is 13.0 Å². The van der Waals surface area contributed by atoms with Gasteiger partial charge in [-0.25, -0.2) is 9.37 Å². The van der Waals surface area contributed by atoms with Crippen LogP contribution in [0.25, 0.3) is 11.5 Å². The monoisotopic (exact) mass is 494 g/mol. The Kier molecular flexibility index (Phi) is 8.43. The first-order valence-electron chi connectivity index (χ1n) is 8.84. The van der Waals surface area contributed by atoms with Crippen LogP contribution in [0.2, 0.25) is 0 Å². The first-order chi connectivity index (χ1) is 13.1. The van der Waals surface area contributed by atoms with Crippen molar-refractivity contribution < 1.29 is 8.81 Å². The van der Waals surface area contributed by atoms with Crippen LogP contribution in [0, 0.1) is 12.7 Å². The van der Waals surface area contributed by atoms with Gasteiger partial charge in [-0.15, -0.1) is 24.0 Å². The predicted octanol–water partition coefficient (Wildman–Crippen LogP) is 4.31. The summed E-state index contributed by atoms with van der Waals surface area (Å²) in [7, 11) is 1.72. The molecule has 0 radical (unpaired) electrons. The number of oxazole rings is 1. The predicted molar refractivity (Wildman–Crippen MR) is 120 cm³/mol. The highest BCUT2D eigenvalue weighted by atomic mass is 127. The Bertz CT molecular complexity index is 892. The number of hydrogen-bond acceptors (Lipinski definition) is 3. The van der Waals surface area contributed by atoms with Crippen LogP contribution < -0.4 is 10.6 Å². The average molecular weight is 494 g/mol. The summed E-state index contributed by atoms with van der Waals surface area (Å²) in [5.41, 5.74) is 4.02. The second-order valence-corrected chi connectivity index (χ2v) is 6.24. The van der Waals surface area contributed by atoms with E-state index in [4.69, 9.17) is 4.42 Å². The van der Waals surface area contributed by atoms with E-state index in [1.807, 2.05) is 31.2 Å². The first-order valence-corrected chi connectivity index (χ1v) is 8.84. The summed E-state index contributed by atoms with van der Waals surface area (Å²) in [4.78, 5) is 8.70. The third kappa shape index (κ3) is 6.33. The van der Waals surface area contributed by atoms with Crippen molar-refractivity contribution in [2.24, 2.45) is 4.99 Å². The second-order valence-electron chi connectivity index (χ2n) is 6.24. The third-order valence-electron chi connectivity index (χ3n) is 4.13. The Morgan fingerprint density at radius 1 is 1.07 bits per heavy atom. The second kappa shape index (κ2) is 10.8. The van der Waals surface area contributed by atoms with E-state index in [2.05, 4.69) is 20.6 Å². The highest BCUT2D eigenvalue weighted by Crippen LogP contribution is 2.18. The number of aromatic nitrogens is 1. The van der Waals surface area contributed by atoms with Crippen molar-refractivity contribution in [2.45, 2.75) is 19.9 Å². The molecule has 0 spiro atoms. The summed E-state index contributed by atoms with van der Waals surface area (Å²) in [6, 6.07) is 14.6. The maximum absolute atomic E-state index is 12.9. The molecule has 0 atom stereocenters. The summed E-state index contributed by atoms with van der Waals surface area (Å²) in [5.74, 6) is 1.06. The van der Waals surface area contributed by atoms with E-state index in [-0.39, 0.29) is 29.8 Å². The van der Waals surface area contributed by atoms with Crippen LogP contribution in [0.15, 0.2) is 64.2 Å². The van der Waals surface area contributed by atoms with Gasteiger partial charge in [-0.1, -0.05) is 29.8 Å². The van der Waals surface area contributed by atoms with Gasteiger partial charge in [0.15, 0.2) is 5.96 Å². The number of hydrogen-bond donors (Lipinski definition) is 2. The van der Waals surface area contributed by atoms with Crippen LogP contribution in [0.3, 0.4) is 0 Å². The van der Waals surface area contributed by atoms with E-state index in [0.717, 1.165) is 23.2 Å². The Labute approximate surface area is 181 Å². The number of aliphatic imine (C=N–C) groups is 1. The topological polar surface area (TPSA) is 62.5 Å². The average Bonchev–Trinajstić information content (AvgIpc) is 3.15. The van der Waals surface area contributed by atoms with Gasteiger partial charge in [-0.05, 0) is 43.2 Å². The Morgan fingerprint density at radius 3 is 2.46 bits per heavy atom. The van der Waals surface area contributed by atoms with E-state index in [9.17, 15) is 4.39 Å². The molecule has 0 saturated carbocycles. The van der Waals surface area contributed by atoms with Crippen LogP contribution in [0.5, 0.6) is 0 Å². The molecule has 5 nitrogen and oxygen atoms in total. The molecule has 2 N–H and O–H groups in total. The van der Waals surface area contributed by atoms with Gasteiger partial charge in [0.25, 0.3) is 0 Å². The molecule has 3 rings (SSSR count). The molecule has 0 saturated heterocycles.